The summed E-state index contributed by atoms with van der Waals surface area (Å²) >= 11 is 0. The first-order valence-corrected chi connectivity index (χ1v) is 10.6. The molecule has 1 N–H and O–H groups in total. The second-order valence-corrected chi connectivity index (χ2v) is 8.64. The summed E-state index contributed by atoms with van der Waals surface area (Å²) in [6, 6.07) is 0. The number of carbonyl (C=O) groups excluding carboxylic acids is 1. The number of aromatic nitrogens is 2. The molecule has 1 aliphatic rings. The van der Waals surface area contributed by atoms with E-state index in [1.54, 1.807) is 13.8 Å². The monoisotopic (exact) mass is 370 g/mol. The fraction of sp³-hybridized carbons (Fsp3) is 0.765. The molecule has 1 fully saturated rings. The van der Waals surface area contributed by atoms with Crippen molar-refractivity contribution in [3.63, 3.8) is 0 Å². The largest absolute Gasteiger partial charge is 0.342 e. The summed E-state index contributed by atoms with van der Waals surface area (Å²) in [6.07, 6.45) is 3.05. The van der Waals surface area contributed by atoms with Gasteiger partial charge < -0.3 is 4.90 Å². The van der Waals surface area contributed by atoms with Crippen molar-refractivity contribution in [1.82, 2.24) is 19.4 Å². The van der Waals surface area contributed by atoms with Crippen LogP contribution in [0, 0.1) is 19.8 Å². The van der Waals surface area contributed by atoms with Crippen LogP contribution < -0.4 is 0 Å². The minimum Gasteiger partial charge on any atom is -0.342 e. The van der Waals surface area contributed by atoms with E-state index in [-0.39, 0.29) is 16.7 Å². The first kappa shape index (κ1) is 19.9. The Bertz CT molecular complexity index is 665. The smallest absolute Gasteiger partial charge is 0.246 e. The van der Waals surface area contributed by atoms with E-state index in [2.05, 4.69) is 24.0 Å². The highest BCUT2D eigenvalue weighted by atomic mass is 32.2. The van der Waals surface area contributed by atoms with Crippen molar-refractivity contribution >= 4 is 15.9 Å². The fourth-order valence-electron chi connectivity index (χ4n) is 3.52. The van der Waals surface area contributed by atoms with Crippen molar-refractivity contribution in [3.05, 3.63) is 11.4 Å². The summed E-state index contributed by atoms with van der Waals surface area (Å²) in [5.74, 6) is 0.104. The Labute approximate surface area is 150 Å². The molecule has 25 heavy (non-hydrogen) atoms. The van der Waals surface area contributed by atoms with Gasteiger partial charge in [-0.3, -0.25) is 9.89 Å². The molecule has 1 aromatic heterocycles. The Hall–Kier alpha value is -1.41. The van der Waals surface area contributed by atoms with Crippen LogP contribution in [0.1, 0.15) is 50.9 Å². The number of H-pyrrole nitrogens is 1. The molecule has 1 aliphatic heterocycles. The number of rotatable bonds is 7. The number of hydrogen-bond acceptors (Lipinski definition) is 4. The Kier molecular flexibility index (Phi) is 6.62. The topological polar surface area (TPSA) is 86.4 Å². The lowest BCUT2D eigenvalue weighted by molar-refractivity contribution is -0.136. The van der Waals surface area contributed by atoms with Gasteiger partial charge in [-0.15, -0.1) is 0 Å². The normalized spacial score (nSPS) is 17.0. The molecule has 2 heterocycles. The number of amides is 1. The van der Waals surface area contributed by atoms with Gasteiger partial charge in [0.1, 0.15) is 4.90 Å². The van der Waals surface area contributed by atoms with Crippen LogP contribution in [0.5, 0.6) is 0 Å². The fourth-order valence-corrected chi connectivity index (χ4v) is 5.32. The molecule has 8 heteroatoms. The molecule has 0 aromatic carbocycles. The van der Waals surface area contributed by atoms with Gasteiger partial charge in [-0.1, -0.05) is 13.8 Å². The summed E-state index contributed by atoms with van der Waals surface area (Å²) in [6.45, 7) is 9.87. The average Bonchev–Trinajstić information content (AvgIpc) is 2.93. The number of carbonyl (C=O) groups is 1. The van der Waals surface area contributed by atoms with E-state index in [1.165, 1.54) is 4.31 Å². The predicted octanol–water partition coefficient (Wildman–Crippen LogP) is 2.08. The van der Waals surface area contributed by atoms with E-state index in [0.29, 0.717) is 37.3 Å². The molecule has 0 spiro atoms. The molecule has 142 valence electrons. The number of piperidine rings is 1. The van der Waals surface area contributed by atoms with Gasteiger partial charge in [0.15, 0.2) is 0 Å². The molecule has 1 aromatic rings. The van der Waals surface area contributed by atoms with E-state index in [9.17, 15) is 13.2 Å². The first-order valence-electron chi connectivity index (χ1n) is 9.13. The maximum absolute atomic E-state index is 12.9. The summed E-state index contributed by atoms with van der Waals surface area (Å²) in [4.78, 5) is 14.9. The van der Waals surface area contributed by atoms with E-state index in [4.69, 9.17) is 0 Å². The zero-order valence-electron chi connectivity index (χ0n) is 15.7. The van der Waals surface area contributed by atoms with Gasteiger partial charge in [-0.05, 0) is 39.5 Å². The van der Waals surface area contributed by atoms with Gasteiger partial charge >= 0.3 is 0 Å². The first-order chi connectivity index (χ1) is 11.8. The minimum atomic E-state index is -3.56. The lowest BCUT2D eigenvalue weighted by Gasteiger charge is -2.33. The summed E-state index contributed by atoms with van der Waals surface area (Å²) in [5.41, 5.74) is 1.06. The zero-order chi connectivity index (χ0) is 18.6. The summed E-state index contributed by atoms with van der Waals surface area (Å²) in [5, 5.41) is 6.73. The van der Waals surface area contributed by atoms with Crippen molar-refractivity contribution < 1.29 is 13.2 Å². The number of nitrogens with one attached hydrogen (secondary N) is 1. The lowest BCUT2D eigenvalue weighted by atomic mass is 9.96. The molecule has 0 bridgehead atoms. The summed E-state index contributed by atoms with van der Waals surface area (Å²) < 4.78 is 27.2. The summed E-state index contributed by atoms with van der Waals surface area (Å²) in [7, 11) is -3.56. The van der Waals surface area contributed by atoms with Crippen LogP contribution >= 0.6 is 0 Å². The molecule has 2 rings (SSSR count). The maximum Gasteiger partial charge on any atom is 0.246 e. The quantitative estimate of drug-likeness (QED) is 0.796. The van der Waals surface area contributed by atoms with E-state index < -0.39 is 10.0 Å². The maximum atomic E-state index is 12.9. The molecule has 0 atom stereocenters. The van der Waals surface area contributed by atoms with Gasteiger partial charge in [-0.2, -0.15) is 9.40 Å². The Balaban J connectivity index is 2.05. The number of aromatic amines is 1. The van der Waals surface area contributed by atoms with Crippen LogP contribution in [0.3, 0.4) is 0 Å². The van der Waals surface area contributed by atoms with Gasteiger partial charge in [0, 0.05) is 32.1 Å². The van der Waals surface area contributed by atoms with Gasteiger partial charge in [-0.25, -0.2) is 8.42 Å². The number of sulfonamides is 1. The molecule has 1 amide bonds. The van der Waals surface area contributed by atoms with Crippen LogP contribution in [-0.4, -0.2) is 59.9 Å². The van der Waals surface area contributed by atoms with Crippen LogP contribution in [0.4, 0.5) is 0 Å². The van der Waals surface area contributed by atoms with Gasteiger partial charge in [0.2, 0.25) is 15.9 Å². The lowest BCUT2D eigenvalue weighted by Crippen LogP contribution is -2.45. The van der Waals surface area contributed by atoms with E-state index in [1.807, 2.05) is 4.90 Å². The molecule has 1 saturated heterocycles. The van der Waals surface area contributed by atoms with Gasteiger partial charge in [0.05, 0.1) is 11.4 Å². The van der Waals surface area contributed by atoms with Crippen LogP contribution in [0.2, 0.25) is 0 Å². The predicted molar refractivity (Wildman–Crippen MR) is 96.7 cm³/mol. The Morgan fingerprint density at radius 3 is 2.20 bits per heavy atom. The van der Waals surface area contributed by atoms with Crippen molar-refractivity contribution in [2.24, 2.45) is 5.92 Å². The number of aryl methyl sites for hydroxylation is 2. The SMILES string of the molecule is CCCN(CCC)C(=O)C1CCN(S(=O)(=O)c2c(C)n[nH]c2C)CC1. The van der Waals surface area contributed by atoms with Crippen LogP contribution in [-0.2, 0) is 14.8 Å². The van der Waals surface area contributed by atoms with Crippen molar-refractivity contribution in [2.45, 2.75) is 58.3 Å². The average molecular weight is 371 g/mol. The van der Waals surface area contributed by atoms with Gasteiger partial charge in [0.25, 0.3) is 0 Å². The Morgan fingerprint density at radius 2 is 1.76 bits per heavy atom. The molecular weight excluding hydrogens is 340 g/mol. The highest BCUT2D eigenvalue weighted by Gasteiger charge is 2.35. The van der Waals surface area contributed by atoms with Crippen molar-refractivity contribution in [1.29, 1.82) is 0 Å². The minimum absolute atomic E-state index is 0.0731. The second kappa shape index (κ2) is 8.31. The standard InChI is InChI=1S/C17H30N4O3S/c1-5-9-20(10-6-2)17(22)15-7-11-21(12-8-15)25(23,24)16-13(3)18-19-14(16)4/h15H,5-12H2,1-4H3,(H,18,19). The highest BCUT2D eigenvalue weighted by molar-refractivity contribution is 7.89. The molecule has 0 unspecified atom stereocenters. The van der Waals surface area contributed by atoms with E-state index in [0.717, 1.165) is 25.9 Å². The third-order valence-corrected chi connectivity index (χ3v) is 6.92. The third kappa shape index (κ3) is 4.23. The number of nitrogens with zero attached hydrogens (tertiary/aromatic N) is 3. The molecule has 0 radical (unpaired) electrons. The van der Waals surface area contributed by atoms with Crippen molar-refractivity contribution in [3.8, 4) is 0 Å². The van der Waals surface area contributed by atoms with E-state index >= 15 is 0 Å². The highest BCUT2D eigenvalue weighted by Crippen LogP contribution is 2.27. The molecular formula is C17H30N4O3S. The molecule has 7 nitrogen and oxygen atoms in total. The van der Waals surface area contributed by atoms with Crippen LogP contribution in [0.15, 0.2) is 4.90 Å². The molecule has 0 saturated carbocycles. The van der Waals surface area contributed by atoms with Crippen LogP contribution in [0.25, 0.3) is 0 Å². The Morgan fingerprint density at radius 1 is 1.20 bits per heavy atom. The second-order valence-electron chi connectivity index (χ2n) is 6.77. The third-order valence-electron chi connectivity index (χ3n) is 4.76. The van der Waals surface area contributed by atoms with Crippen molar-refractivity contribution in [2.75, 3.05) is 26.2 Å². The zero-order valence-corrected chi connectivity index (χ0v) is 16.5. The number of hydrogen-bond donors (Lipinski definition) is 1. The molecule has 0 aliphatic carbocycles.